The van der Waals surface area contributed by atoms with Crippen LogP contribution in [0.25, 0.3) is 0 Å². The fourth-order valence-corrected chi connectivity index (χ4v) is 2.96. The number of halogens is 1. The lowest BCUT2D eigenvalue weighted by Crippen LogP contribution is -2.41. The quantitative estimate of drug-likeness (QED) is 0.785. The van der Waals surface area contributed by atoms with Gasteiger partial charge in [0.1, 0.15) is 5.82 Å². The average molecular weight is 323 g/mol. The Balaban J connectivity index is 1.78. The van der Waals surface area contributed by atoms with E-state index in [1.807, 2.05) is 11.8 Å². The first kappa shape index (κ1) is 17.9. The fourth-order valence-electron chi connectivity index (χ4n) is 2.96. The number of amides is 1. The molecule has 1 N–H and O–H groups in total. The van der Waals surface area contributed by atoms with Crippen LogP contribution in [0.2, 0.25) is 0 Å². The topological polar surface area (TPSA) is 49.8 Å². The van der Waals surface area contributed by atoms with Gasteiger partial charge in [0.15, 0.2) is 0 Å². The van der Waals surface area contributed by atoms with Crippen molar-refractivity contribution in [2.75, 3.05) is 26.3 Å². The van der Waals surface area contributed by atoms with Gasteiger partial charge in [0.2, 0.25) is 5.91 Å². The van der Waals surface area contributed by atoms with Gasteiger partial charge in [-0.05, 0) is 36.8 Å². The van der Waals surface area contributed by atoms with Crippen molar-refractivity contribution in [1.82, 2.24) is 4.90 Å². The molecule has 1 unspecified atom stereocenters. The number of nitrogens with zero attached hydrogens (tertiary/aromatic N) is 1. The summed E-state index contributed by atoms with van der Waals surface area (Å²) < 4.78 is 19.4. The molecule has 128 valence electrons. The van der Waals surface area contributed by atoms with Crippen LogP contribution in [-0.2, 0) is 9.53 Å². The molecule has 1 saturated heterocycles. The number of benzene rings is 1. The number of rotatable bonds is 7. The first-order valence-corrected chi connectivity index (χ1v) is 8.36. The second kappa shape index (κ2) is 8.99. The van der Waals surface area contributed by atoms with E-state index in [1.165, 1.54) is 6.07 Å². The predicted molar refractivity (Wildman–Crippen MR) is 86.7 cm³/mol. The van der Waals surface area contributed by atoms with Gasteiger partial charge in [-0.3, -0.25) is 4.79 Å². The molecule has 5 heteroatoms. The van der Waals surface area contributed by atoms with Crippen molar-refractivity contribution in [3.8, 4) is 0 Å². The fraction of sp³-hybridized carbons (Fsp3) is 0.611. The van der Waals surface area contributed by atoms with Gasteiger partial charge in [0, 0.05) is 32.7 Å². The maximum absolute atomic E-state index is 13.8. The minimum atomic E-state index is -0.246. The molecular weight excluding hydrogens is 297 g/mol. The van der Waals surface area contributed by atoms with Crippen LogP contribution in [0, 0.1) is 5.82 Å². The lowest BCUT2D eigenvalue weighted by Gasteiger charge is -2.32. The number of hydrogen-bond donors (Lipinski definition) is 1. The van der Waals surface area contributed by atoms with Gasteiger partial charge in [-0.1, -0.05) is 25.1 Å². The standard InChI is InChI=1S/C18H26FNO3/c1-14(16-5-2-3-6-17(16)19)13-18(22)20-9-7-15(8-10-20)23-12-4-11-21/h2-3,5-6,14-15,21H,4,7-13H2,1H3. The zero-order valence-electron chi connectivity index (χ0n) is 13.7. The monoisotopic (exact) mass is 323 g/mol. The van der Waals surface area contributed by atoms with Gasteiger partial charge >= 0.3 is 0 Å². The molecule has 1 atom stereocenters. The molecule has 0 bridgehead atoms. The summed E-state index contributed by atoms with van der Waals surface area (Å²) in [6.45, 7) is 3.98. The molecule has 1 aromatic rings. The highest BCUT2D eigenvalue weighted by Crippen LogP contribution is 2.24. The smallest absolute Gasteiger partial charge is 0.223 e. The molecule has 1 heterocycles. The number of carbonyl (C=O) groups excluding carboxylic acids is 1. The Hall–Kier alpha value is -1.46. The molecule has 0 aliphatic carbocycles. The van der Waals surface area contributed by atoms with Crippen LogP contribution in [-0.4, -0.2) is 48.3 Å². The van der Waals surface area contributed by atoms with Crippen LogP contribution in [0.1, 0.15) is 44.1 Å². The molecule has 0 aromatic heterocycles. The third kappa shape index (κ3) is 5.29. The van der Waals surface area contributed by atoms with Crippen molar-refractivity contribution in [3.63, 3.8) is 0 Å². The zero-order valence-corrected chi connectivity index (χ0v) is 13.7. The number of aliphatic hydroxyl groups is 1. The molecule has 1 aliphatic heterocycles. The lowest BCUT2D eigenvalue weighted by molar-refractivity contribution is -0.134. The van der Waals surface area contributed by atoms with Crippen molar-refractivity contribution >= 4 is 5.91 Å². The molecule has 1 aliphatic rings. The Bertz CT molecular complexity index is 501. The Kier molecular flexibility index (Phi) is 6.99. The summed E-state index contributed by atoms with van der Waals surface area (Å²) in [7, 11) is 0. The Morgan fingerprint density at radius 3 is 2.74 bits per heavy atom. The summed E-state index contributed by atoms with van der Waals surface area (Å²) in [6.07, 6.45) is 2.81. The Morgan fingerprint density at radius 2 is 2.09 bits per heavy atom. The van der Waals surface area contributed by atoms with Crippen LogP contribution in [0.3, 0.4) is 0 Å². The molecular formula is C18H26FNO3. The summed E-state index contributed by atoms with van der Waals surface area (Å²) in [5.74, 6) is -0.291. The van der Waals surface area contributed by atoms with Gasteiger partial charge in [-0.15, -0.1) is 0 Å². The lowest BCUT2D eigenvalue weighted by atomic mass is 9.96. The molecule has 0 saturated carbocycles. The first-order valence-electron chi connectivity index (χ1n) is 8.36. The summed E-state index contributed by atoms with van der Waals surface area (Å²) in [5, 5.41) is 8.75. The van der Waals surface area contributed by atoms with E-state index in [0.29, 0.717) is 38.1 Å². The van der Waals surface area contributed by atoms with E-state index in [1.54, 1.807) is 18.2 Å². The van der Waals surface area contributed by atoms with Crippen LogP contribution < -0.4 is 0 Å². The summed E-state index contributed by atoms with van der Waals surface area (Å²) in [5.41, 5.74) is 0.600. The number of likely N-dealkylation sites (tertiary alicyclic amines) is 1. The van der Waals surface area contributed by atoms with Crippen LogP contribution >= 0.6 is 0 Å². The van der Waals surface area contributed by atoms with Gasteiger partial charge in [0.05, 0.1) is 6.10 Å². The number of piperidine rings is 1. The summed E-state index contributed by atoms with van der Waals surface area (Å²) in [6, 6.07) is 6.64. The van der Waals surface area contributed by atoms with Gasteiger partial charge < -0.3 is 14.7 Å². The van der Waals surface area contributed by atoms with Gasteiger partial charge in [-0.2, -0.15) is 0 Å². The van der Waals surface area contributed by atoms with E-state index in [4.69, 9.17) is 9.84 Å². The second-order valence-corrected chi connectivity index (χ2v) is 6.15. The van der Waals surface area contributed by atoms with Crippen LogP contribution in [0.15, 0.2) is 24.3 Å². The van der Waals surface area contributed by atoms with Crippen molar-refractivity contribution in [1.29, 1.82) is 0 Å². The van der Waals surface area contributed by atoms with Crippen molar-refractivity contribution in [2.24, 2.45) is 0 Å². The number of hydrogen-bond acceptors (Lipinski definition) is 3. The second-order valence-electron chi connectivity index (χ2n) is 6.15. The molecule has 4 nitrogen and oxygen atoms in total. The first-order chi connectivity index (χ1) is 11.1. The van der Waals surface area contributed by atoms with Crippen molar-refractivity contribution in [2.45, 2.75) is 44.6 Å². The molecule has 2 rings (SSSR count). The SMILES string of the molecule is CC(CC(=O)N1CCC(OCCCO)CC1)c1ccccc1F. The highest BCUT2D eigenvalue weighted by molar-refractivity contribution is 5.77. The van der Waals surface area contributed by atoms with E-state index in [0.717, 1.165) is 12.8 Å². The molecule has 1 aromatic carbocycles. The third-order valence-corrected chi connectivity index (χ3v) is 4.37. The van der Waals surface area contributed by atoms with E-state index >= 15 is 0 Å². The van der Waals surface area contributed by atoms with Gasteiger partial charge in [-0.25, -0.2) is 4.39 Å². The number of ether oxygens (including phenoxy) is 1. The highest BCUT2D eigenvalue weighted by Gasteiger charge is 2.25. The maximum atomic E-state index is 13.8. The third-order valence-electron chi connectivity index (χ3n) is 4.37. The van der Waals surface area contributed by atoms with E-state index < -0.39 is 0 Å². The Morgan fingerprint density at radius 1 is 1.39 bits per heavy atom. The normalized spacial score (nSPS) is 17.3. The summed E-state index contributed by atoms with van der Waals surface area (Å²) >= 11 is 0. The number of aliphatic hydroxyl groups excluding tert-OH is 1. The average Bonchev–Trinajstić information content (AvgIpc) is 2.56. The van der Waals surface area contributed by atoms with Crippen LogP contribution in [0.5, 0.6) is 0 Å². The molecule has 23 heavy (non-hydrogen) atoms. The van der Waals surface area contributed by atoms with E-state index in [-0.39, 0.29) is 30.4 Å². The van der Waals surface area contributed by atoms with E-state index in [2.05, 4.69) is 0 Å². The molecule has 0 radical (unpaired) electrons. The number of carbonyl (C=O) groups is 1. The van der Waals surface area contributed by atoms with Crippen molar-refractivity contribution in [3.05, 3.63) is 35.6 Å². The molecule has 1 amide bonds. The van der Waals surface area contributed by atoms with Gasteiger partial charge in [0.25, 0.3) is 0 Å². The minimum absolute atomic E-state index is 0.0783. The molecule has 1 fully saturated rings. The predicted octanol–water partition coefficient (Wildman–Crippen LogP) is 2.71. The molecule has 0 spiro atoms. The maximum Gasteiger partial charge on any atom is 0.223 e. The zero-order chi connectivity index (χ0) is 16.7. The van der Waals surface area contributed by atoms with E-state index in [9.17, 15) is 9.18 Å². The minimum Gasteiger partial charge on any atom is -0.396 e. The summed E-state index contributed by atoms with van der Waals surface area (Å²) in [4.78, 5) is 14.2. The highest BCUT2D eigenvalue weighted by atomic mass is 19.1. The largest absolute Gasteiger partial charge is 0.396 e. The van der Waals surface area contributed by atoms with Crippen LogP contribution in [0.4, 0.5) is 4.39 Å². The Labute approximate surface area is 137 Å². The van der Waals surface area contributed by atoms with Crippen molar-refractivity contribution < 1.29 is 19.0 Å².